The predicted octanol–water partition coefficient (Wildman–Crippen LogP) is 4.72. The Labute approximate surface area is 210 Å². The number of fused-ring (bicyclic) bond motifs is 3. The minimum Gasteiger partial charge on any atom is -0.493 e. The van der Waals surface area contributed by atoms with Crippen LogP contribution in [0.4, 0.5) is 0 Å². The van der Waals surface area contributed by atoms with Crippen LogP contribution >= 0.6 is 11.8 Å². The molecule has 36 heavy (non-hydrogen) atoms. The van der Waals surface area contributed by atoms with Crippen LogP contribution in [0.3, 0.4) is 0 Å². The minimum atomic E-state index is -0.406. The highest BCUT2D eigenvalue weighted by molar-refractivity contribution is 7.99. The van der Waals surface area contributed by atoms with Gasteiger partial charge in [-0.3, -0.25) is 14.2 Å². The number of esters is 1. The van der Waals surface area contributed by atoms with E-state index in [2.05, 4.69) is 4.98 Å². The van der Waals surface area contributed by atoms with Gasteiger partial charge < -0.3 is 19.2 Å². The molecule has 3 aromatic carbocycles. The van der Waals surface area contributed by atoms with E-state index in [0.29, 0.717) is 33.4 Å². The minimum absolute atomic E-state index is 0.0135. The zero-order valence-corrected chi connectivity index (χ0v) is 20.5. The first kappa shape index (κ1) is 23.5. The van der Waals surface area contributed by atoms with Crippen LogP contribution in [0.1, 0.15) is 5.56 Å². The number of nitrogens with zero attached hydrogens (tertiary/aromatic N) is 2. The van der Waals surface area contributed by atoms with Crippen LogP contribution < -0.4 is 15.0 Å². The first-order chi connectivity index (χ1) is 17.6. The molecule has 5 rings (SSSR count). The lowest BCUT2D eigenvalue weighted by molar-refractivity contribution is -0.141. The highest BCUT2D eigenvalue weighted by atomic mass is 32.2. The fraction of sp³-hybridized carbons (Fsp3) is 0.148. The Morgan fingerprint density at radius 1 is 0.972 bits per heavy atom. The lowest BCUT2D eigenvalue weighted by Crippen LogP contribution is -2.22. The van der Waals surface area contributed by atoms with Crippen LogP contribution in [-0.4, -0.2) is 40.5 Å². The largest absolute Gasteiger partial charge is 0.493 e. The van der Waals surface area contributed by atoms with Crippen LogP contribution in [0.5, 0.6) is 11.5 Å². The summed E-state index contributed by atoms with van der Waals surface area (Å²) in [6, 6.07) is 22.2. The van der Waals surface area contributed by atoms with Crippen LogP contribution in [0, 0.1) is 0 Å². The van der Waals surface area contributed by atoms with Gasteiger partial charge in [0.05, 0.1) is 25.7 Å². The summed E-state index contributed by atoms with van der Waals surface area (Å²) in [7, 11) is 3.08. The number of hydrogen-bond acceptors (Lipinski definition) is 7. The molecular formula is C27H23N3O5S. The molecule has 0 aliphatic rings. The normalized spacial score (nSPS) is 11.1. The molecule has 0 bridgehead atoms. The number of aromatic nitrogens is 3. The number of methoxy groups -OCH3 is 2. The summed E-state index contributed by atoms with van der Waals surface area (Å²) in [6.07, 6.45) is 0. The maximum atomic E-state index is 13.7. The highest BCUT2D eigenvalue weighted by Crippen LogP contribution is 2.31. The Kier molecular flexibility index (Phi) is 6.64. The third kappa shape index (κ3) is 4.52. The summed E-state index contributed by atoms with van der Waals surface area (Å²) in [6.45, 7) is 0.178. The van der Waals surface area contributed by atoms with Gasteiger partial charge in [0.15, 0.2) is 16.7 Å². The third-order valence-corrected chi connectivity index (χ3v) is 6.59. The second kappa shape index (κ2) is 10.2. The van der Waals surface area contributed by atoms with Gasteiger partial charge in [-0.2, -0.15) is 0 Å². The van der Waals surface area contributed by atoms with E-state index in [1.54, 1.807) is 25.3 Å². The van der Waals surface area contributed by atoms with E-state index in [1.807, 2.05) is 54.6 Å². The smallest absolute Gasteiger partial charge is 0.316 e. The van der Waals surface area contributed by atoms with E-state index in [0.717, 1.165) is 28.2 Å². The maximum absolute atomic E-state index is 13.7. The number of nitrogens with one attached hydrogen (secondary N) is 1. The molecule has 9 heteroatoms. The molecule has 2 aromatic heterocycles. The third-order valence-electron chi connectivity index (χ3n) is 5.68. The van der Waals surface area contributed by atoms with E-state index in [4.69, 9.17) is 19.2 Å². The predicted molar refractivity (Wildman–Crippen MR) is 139 cm³/mol. The van der Waals surface area contributed by atoms with E-state index >= 15 is 0 Å². The van der Waals surface area contributed by atoms with Crippen molar-refractivity contribution in [2.45, 2.75) is 11.8 Å². The van der Waals surface area contributed by atoms with Gasteiger partial charge in [0.25, 0.3) is 5.56 Å². The van der Waals surface area contributed by atoms with Crippen molar-refractivity contribution in [3.8, 4) is 17.2 Å². The average Bonchev–Trinajstić information content (AvgIpc) is 3.30. The van der Waals surface area contributed by atoms with Crippen LogP contribution in [-0.2, 0) is 16.1 Å². The number of ether oxygens (including phenoxy) is 3. The van der Waals surface area contributed by atoms with E-state index in [1.165, 1.54) is 11.7 Å². The molecule has 0 amide bonds. The van der Waals surface area contributed by atoms with Crippen LogP contribution in [0.2, 0.25) is 0 Å². The maximum Gasteiger partial charge on any atom is 0.316 e. The van der Waals surface area contributed by atoms with Gasteiger partial charge in [0.1, 0.15) is 17.6 Å². The van der Waals surface area contributed by atoms with Crippen molar-refractivity contribution in [3.05, 3.63) is 88.7 Å². The topological polar surface area (TPSA) is 95.4 Å². The van der Waals surface area contributed by atoms with Gasteiger partial charge in [-0.15, -0.1) is 0 Å². The number of hydrogen-bond donors (Lipinski definition) is 1. The summed E-state index contributed by atoms with van der Waals surface area (Å²) in [5.74, 6) is 0.584. The fourth-order valence-corrected chi connectivity index (χ4v) is 4.74. The molecule has 0 unspecified atom stereocenters. The van der Waals surface area contributed by atoms with Crippen molar-refractivity contribution in [3.63, 3.8) is 0 Å². The van der Waals surface area contributed by atoms with Crippen molar-refractivity contribution in [2.75, 3.05) is 20.0 Å². The molecule has 5 aromatic rings. The number of carbonyl (C=O) groups is 1. The van der Waals surface area contributed by atoms with Gasteiger partial charge in [-0.25, -0.2) is 4.98 Å². The molecule has 0 saturated carbocycles. The van der Waals surface area contributed by atoms with Crippen molar-refractivity contribution in [1.82, 2.24) is 14.5 Å². The molecule has 0 radical (unpaired) electrons. The molecule has 1 N–H and O–H groups in total. The summed E-state index contributed by atoms with van der Waals surface area (Å²) in [5.41, 5.74) is 2.88. The van der Waals surface area contributed by atoms with Crippen molar-refractivity contribution in [1.29, 1.82) is 0 Å². The Hall–Kier alpha value is -4.24. The van der Waals surface area contributed by atoms with Gasteiger partial charge in [-0.05, 0) is 23.8 Å². The first-order valence-corrected chi connectivity index (χ1v) is 12.2. The number of benzene rings is 3. The molecule has 0 saturated heterocycles. The van der Waals surface area contributed by atoms with Crippen molar-refractivity contribution < 1.29 is 19.0 Å². The highest BCUT2D eigenvalue weighted by Gasteiger charge is 2.19. The summed E-state index contributed by atoms with van der Waals surface area (Å²) in [4.78, 5) is 34.2. The van der Waals surface area contributed by atoms with Gasteiger partial charge in [0, 0.05) is 17.0 Å². The number of rotatable bonds is 8. The van der Waals surface area contributed by atoms with E-state index in [9.17, 15) is 9.59 Å². The first-order valence-electron chi connectivity index (χ1n) is 11.2. The SMILES string of the molecule is COc1ccc(-n2c(SCC(=O)OCc3ccccc3)nc3c([nH]c4ccccc43)c2=O)cc1OC. The molecular weight excluding hydrogens is 478 g/mol. The zero-order chi connectivity index (χ0) is 25.1. The standard InChI is InChI=1S/C27H23N3O5S/c1-33-21-13-12-18(14-22(21)34-2)30-26(32)25-24(19-10-6-7-11-20(19)28-25)29-27(30)36-16-23(31)35-15-17-8-4-3-5-9-17/h3-14,28H,15-16H2,1-2H3. The van der Waals surface area contributed by atoms with E-state index < -0.39 is 5.97 Å². The molecule has 0 spiro atoms. The molecule has 0 aliphatic carbocycles. The lowest BCUT2D eigenvalue weighted by atomic mass is 10.2. The number of aromatic amines is 1. The Bertz CT molecular complexity index is 1610. The number of thioether (sulfide) groups is 1. The number of H-pyrrole nitrogens is 1. The second-order valence-corrected chi connectivity index (χ2v) is 8.85. The summed E-state index contributed by atoms with van der Waals surface area (Å²) in [5, 5.41) is 1.19. The average molecular weight is 502 g/mol. The lowest BCUT2D eigenvalue weighted by Gasteiger charge is -2.14. The Morgan fingerprint density at radius 2 is 1.72 bits per heavy atom. The molecule has 8 nitrogen and oxygen atoms in total. The van der Waals surface area contributed by atoms with Crippen LogP contribution in [0.25, 0.3) is 27.6 Å². The quantitative estimate of drug-likeness (QED) is 0.187. The molecule has 0 fully saturated rings. The molecule has 2 heterocycles. The van der Waals surface area contributed by atoms with Crippen LogP contribution in [0.15, 0.2) is 82.7 Å². The molecule has 0 aliphatic heterocycles. The van der Waals surface area contributed by atoms with Gasteiger partial charge in [-0.1, -0.05) is 60.3 Å². The molecule has 182 valence electrons. The van der Waals surface area contributed by atoms with E-state index in [-0.39, 0.29) is 17.9 Å². The summed E-state index contributed by atoms with van der Waals surface area (Å²) < 4.78 is 17.7. The van der Waals surface area contributed by atoms with Gasteiger partial charge in [0.2, 0.25) is 0 Å². The fourth-order valence-electron chi connectivity index (χ4n) is 3.93. The number of carbonyl (C=O) groups excluding carboxylic acids is 1. The van der Waals surface area contributed by atoms with Crippen molar-refractivity contribution in [2.24, 2.45) is 0 Å². The Morgan fingerprint density at radius 3 is 2.50 bits per heavy atom. The zero-order valence-electron chi connectivity index (χ0n) is 19.7. The Balaban J connectivity index is 1.54. The second-order valence-electron chi connectivity index (χ2n) is 7.90. The van der Waals surface area contributed by atoms with Gasteiger partial charge >= 0.3 is 5.97 Å². The summed E-state index contributed by atoms with van der Waals surface area (Å²) >= 11 is 1.14. The van der Waals surface area contributed by atoms with Crippen molar-refractivity contribution >= 4 is 39.7 Å². The monoisotopic (exact) mass is 501 g/mol. The molecule has 0 atom stereocenters. The number of para-hydroxylation sites is 1.